The summed E-state index contributed by atoms with van der Waals surface area (Å²) in [5.41, 5.74) is -3.51. The van der Waals surface area contributed by atoms with Crippen molar-refractivity contribution in [3.63, 3.8) is 0 Å². The number of aliphatic hydroxyl groups is 1. The quantitative estimate of drug-likeness (QED) is 0.743. The molecule has 1 heterocycles. The molecular formula is C19H17F3N2O4. The maximum Gasteiger partial charge on any atom is 0.437 e. The monoisotopic (exact) mass is 394 g/mol. The van der Waals surface area contributed by atoms with E-state index < -0.39 is 35.7 Å². The highest BCUT2D eigenvalue weighted by atomic mass is 19.4. The molecule has 1 fully saturated rings. The fourth-order valence-electron chi connectivity index (χ4n) is 3.20. The molecule has 0 aromatic heterocycles. The van der Waals surface area contributed by atoms with Crippen LogP contribution in [0.4, 0.5) is 18.0 Å². The number of halogens is 3. The SMILES string of the molecule is CC(=O)[C@@H]1[C@H](c2cccc(Oc3ccccc3)c2)NC(=O)N[C@]1(O)C(F)(F)F. The van der Waals surface area contributed by atoms with E-state index in [9.17, 15) is 27.9 Å². The Morgan fingerprint density at radius 3 is 2.36 bits per heavy atom. The van der Waals surface area contributed by atoms with Crippen molar-refractivity contribution in [2.24, 2.45) is 5.92 Å². The van der Waals surface area contributed by atoms with Crippen molar-refractivity contribution in [1.29, 1.82) is 0 Å². The van der Waals surface area contributed by atoms with Gasteiger partial charge in [0.25, 0.3) is 0 Å². The number of amides is 2. The minimum Gasteiger partial charge on any atom is -0.457 e. The van der Waals surface area contributed by atoms with Crippen LogP contribution in [0.15, 0.2) is 54.6 Å². The van der Waals surface area contributed by atoms with Gasteiger partial charge in [0.15, 0.2) is 0 Å². The van der Waals surface area contributed by atoms with Crippen LogP contribution in [0.1, 0.15) is 18.5 Å². The van der Waals surface area contributed by atoms with Gasteiger partial charge in [-0.3, -0.25) is 4.79 Å². The lowest BCUT2D eigenvalue weighted by Crippen LogP contribution is -2.72. The van der Waals surface area contributed by atoms with E-state index in [0.29, 0.717) is 11.5 Å². The highest BCUT2D eigenvalue weighted by molar-refractivity contribution is 5.86. The third-order valence-corrected chi connectivity index (χ3v) is 4.44. The summed E-state index contributed by atoms with van der Waals surface area (Å²) in [5, 5.41) is 13.9. The topological polar surface area (TPSA) is 87.7 Å². The Morgan fingerprint density at radius 2 is 1.75 bits per heavy atom. The Balaban J connectivity index is 2.00. The number of ether oxygens (including phenoxy) is 1. The Bertz CT molecular complexity index is 888. The number of carbonyl (C=O) groups excluding carboxylic acids is 2. The number of hydrogen-bond donors (Lipinski definition) is 3. The van der Waals surface area contributed by atoms with E-state index in [1.807, 2.05) is 0 Å². The third kappa shape index (κ3) is 3.65. The van der Waals surface area contributed by atoms with Crippen LogP contribution in [-0.2, 0) is 4.79 Å². The molecule has 2 aromatic rings. The van der Waals surface area contributed by atoms with Crippen LogP contribution >= 0.6 is 0 Å². The first-order valence-electron chi connectivity index (χ1n) is 8.33. The highest BCUT2D eigenvalue weighted by Crippen LogP contribution is 2.43. The highest BCUT2D eigenvalue weighted by Gasteiger charge is 2.65. The minimum absolute atomic E-state index is 0.186. The molecule has 9 heteroatoms. The van der Waals surface area contributed by atoms with E-state index >= 15 is 0 Å². The number of ketones is 1. The van der Waals surface area contributed by atoms with Crippen molar-refractivity contribution in [3.8, 4) is 11.5 Å². The summed E-state index contributed by atoms with van der Waals surface area (Å²) < 4.78 is 46.1. The van der Waals surface area contributed by atoms with Gasteiger partial charge in [-0.2, -0.15) is 13.2 Å². The van der Waals surface area contributed by atoms with Crippen LogP contribution < -0.4 is 15.4 Å². The maximum absolute atomic E-state index is 13.5. The lowest BCUT2D eigenvalue weighted by molar-refractivity contribution is -0.290. The summed E-state index contributed by atoms with van der Waals surface area (Å²) in [6.07, 6.45) is -5.25. The molecular weight excluding hydrogens is 377 g/mol. The minimum atomic E-state index is -5.25. The summed E-state index contributed by atoms with van der Waals surface area (Å²) in [6.45, 7) is 0.928. The van der Waals surface area contributed by atoms with E-state index in [-0.39, 0.29) is 5.56 Å². The fraction of sp³-hybridized carbons (Fsp3) is 0.263. The zero-order chi connectivity index (χ0) is 20.5. The van der Waals surface area contributed by atoms with Gasteiger partial charge in [-0.25, -0.2) is 4.79 Å². The normalized spacial score (nSPS) is 24.8. The van der Waals surface area contributed by atoms with Crippen LogP contribution in [-0.4, -0.2) is 28.8 Å². The van der Waals surface area contributed by atoms with Gasteiger partial charge in [-0.15, -0.1) is 0 Å². The van der Waals surface area contributed by atoms with Crippen LogP contribution in [0, 0.1) is 5.92 Å². The average Bonchev–Trinajstić information content (AvgIpc) is 2.61. The van der Waals surface area contributed by atoms with Crippen molar-refractivity contribution >= 4 is 11.8 Å². The zero-order valence-corrected chi connectivity index (χ0v) is 14.7. The molecule has 1 aliphatic heterocycles. The molecule has 0 aliphatic carbocycles. The molecule has 2 amide bonds. The summed E-state index contributed by atoms with van der Waals surface area (Å²) in [7, 11) is 0. The second-order valence-corrected chi connectivity index (χ2v) is 6.42. The summed E-state index contributed by atoms with van der Waals surface area (Å²) in [5.74, 6) is -2.12. The first-order chi connectivity index (χ1) is 13.1. The predicted molar refractivity (Wildman–Crippen MR) is 92.5 cm³/mol. The second kappa shape index (κ2) is 7.16. The van der Waals surface area contributed by atoms with Gasteiger partial charge in [0.1, 0.15) is 17.3 Å². The Labute approximate surface area is 158 Å². The molecule has 28 heavy (non-hydrogen) atoms. The van der Waals surface area contributed by atoms with Gasteiger partial charge in [0.2, 0.25) is 5.72 Å². The third-order valence-electron chi connectivity index (χ3n) is 4.44. The van der Waals surface area contributed by atoms with Crippen LogP contribution in [0.3, 0.4) is 0 Å². The number of para-hydroxylation sites is 1. The first kappa shape index (κ1) is 19.7. The molecule has 0 spiro atoms. The van der Waals surface area contributed by atoms with Gasteiger partial charge < -0.3 is 20.5 Å². The van der Waals surface area contributed by atoms with Crippen molar-refractivity contribution < 1.29 is 32.6 Å². The van der Waals surface area contributed by atoms with Crippen molar-refractivity contribution in [1.82, 2.24) is 10.6 Å². The van der Waals surface area contributed by atoms with E-state index in [1.54, 1.807) is 36.4 Å². The van der Waals surface area contributed by atoms with E-state index in [1.165, 1.54) is 23.5 Å². The number of benzene rings is 2. The van der Waals surface area contributed by atoms with E-state index in [4.69, 9.17) is 4.74 Å². The molecule has 0 unspecified atom stereocenters. The molecule has 148 valence electrons. The largest absolute Gasteiger partial charge is 0.457 e. The molecule has 0 radical (unpaired) electrons. The van der Waals surface area contributed by atoms with Gasteiger partial charge >= 0.3 is 12.2 Å². The maximum atomic E-state index is 13.5. The zero-order valence-electron chi connectivity index (χ0n) is 14.7. The summed E-state index contributed by atoms with van der Waals surface area (Å²) in [4.78, 5) is 23.9. The van der Waals surface area contributed by atoms with Gasteiger partial charge in [-0.1, -0.05) is 30.3 Å². The number of nitrogens with one attached hydrogen (secondary N) is 2. The number of urea groups is 1. The molecule has 2 aromatic carbocycles. The van der Waals surface area contributed by atoms with Crippen molar-refractivity contribution in [3.05, 3.63) is 60.2 Å². The van der Waals surface area contributed by atoms with Crippen LogP contribution in [0.5, 0.6) is 11.5 Å². The van der Waals surface area contributed by atoms with Crippen molar-refractivity contribution in [2.45, 2.75) is 24.9 Å². The second-order valence-electron chi connectivity index (χ2n) is 6.42. The lowest BCUT2D eigenvalue weighted by atomic mass is 9.79. The van der Waals surface area contributed by atoms with Gasteiger partial charge in [0.05, 0.1) is 12.0 Å². The summed E-state index contributed by atoms with van der Waals surface area (Å²) >= 11 is 0. The molecule has 3 atom stereocenters. The number of rotatable bonds is 4. The molecule has 0 bridgehead atoms. The Morgan fingerprint density at radius 1 is 1.11 bits per heavy atom. The van der Waals surface area contributed by atoms with Crippen LogP contribution in [0.25, 0.3) is 0 Å². The molecule has 1 aliphatic rings. The summed E-state index contributed by atoms with van der Waals surface area (Å²) in [6, 6.07) is 12.0. The van der Waals surface area contributed by atoms with E-state index in [2.05, 4.69) is 5.32 Å². The predicted octanol–water partition coefficient (Wildman–Crippen LogP) is 3.29. The molecule has 1 saturated heterocycles. The number of carbonyl (C=O) groups is 2. The molecule has 3 N–H and O–H groups in total. The lowest BCUT2D eigenvalue weighted by Gasteiger charge is -2.44. The smallest absolute Gasteiger partial charge is 0.437 e. The fourth-order valence-corrected chi connectivity index (χ4v) is 3.20. The number of hydrogen-bond acceptors (Lipinski definition) is 4. The Hall–Kier alpha value is -3.07. The first-order valence-corrected chi connectivity index (χ1v) is 8.33. The van der Waals surface area contributed by atoms with Gasteiger partial charge in [-0.05, 0) is 36.8 Å². The Kier molecular flexibility index (Phi) is 5.03. The number of Topliss-reactive ketones (excluding diaryl/α,β-unsaturated/α-hetero) is 1. The standard InChI is InChI=1S/C19H17F3N2O4/c1-11(25)15-16(23-17(26)24-18(15,27)19(20,21)22)12-6-5-9-14(10-12)28-13-7-3-2-4-8-13/h2-10,15-16,27H,1H3,(H2,23,24,26)/t15-,16+,18-/m1/s1. The average molecular weight is 394 g/mol. The van der Waals surface area contributed by atoms with Crippen molar-refractivity contribution in [2.75, 3.05) is 0 Å². The molecule has 0 saturated carbocycles. The van der Waals surface area contributed by atoms with Gasteiger partial charge in [0, 0.05) is 0 Å². The molecule has 3 rings (SSSR count). The number of alkyl halides is 3. The molecule has 6 nitrogen and oxygen atoms in total. The van der Waals surface area contributed by atoms with Crippen LogP contribution in [0.2, 0.25) is 0 Å². The van der Waals surface area contributed by atoms with E-state index in [0.717, 1.165) is 6.92 Å².